The largest absolute Gasteiger partial charge is 0.330 e. The molecule has 4 nitrogen and oxygen atoms in total. The molecule has 1 aromatic carbocycles. The molecule has 0 bridgehead atoms. The molecule has 0 spiro atoms. The summed E-state index contributed by atoms with van der Waals surface area (Å²) in [5.74, 6) is -4.19. The van der Waals surface area contributed by atoms with Gasteiger partial charge in [-0.15, -0.1) is 12.4 Å². The van der Waals surface area contributed by atoms with Crippen LogP contribution in [-0.4, -0.2) is 21.0 Å². The van der Waals surface area contributed by atoms with Crippen molar-refractivity contribution in [2.75, 3.05) is 6.54 Å². The number of sulfonamides is 1. The summed E-state index contributed by atoms with van der Waals surface area (Å²) in [4.78, 5) is -0.886. The lowest BCUT2D eigenvalue weighted by molar-refractivity contribution is 0.296. The Morgan fingerprint density at radius 2 is 1.68 bits per heavy atom. The van der Waals surface area contributed by atoms with Gasteiger partial charge in [0.05, 0.1) is 0 Å². The van der Waals surface area contributed by atoms with E-state index in [1.54, 1.807) is 0 Å². The molecule has 1 aliphatic rings. The predicted octanol–water partition coefficient (Wildman–Crippen LogP) is 2.32. The van der Waals surface area contributed by atoms with Crippen LogP contribution >= 0.6 is 12.4 Å². The van der Waals surface area contributed by atoms with E-state index in [0.29, 0.717) is 19.0 Å². The first-order valence-corrected chi connectivity index (χ1v) is 8.20. The second-order valence-corrected chi connectivity index (χ2v) is 6.89. The van der Waals surface area contributed by atoms with Crippen molar-refractivity contribution in [2.24, 2.45) is 11.7 Å². The number of nitrogens with two attached hydrogens (primary N) is 1. The van der Waals surface area contributed by atoms with Crippen LogP contribution in [0, 0.1) is 23.4 Å². The van der Waals surface area contributed by atoms with Gasteiger partial charge in [0.1, 0.15) is 10.7 Å². The van der Waals surface area contributed by atoms with Crippen molar-refractivity contribution in [2.45, 2.75) is 36.6 Å². The number of rotatable bonds is 4. The molecule has 0 amide bonds. The van der Waals surface area contributed by atoms with Gasteiger partial charge in [0.25, 0.3) is 0 Å². The van der Waals surface area contributed by atoms with Gasteiger partial charge in [-0.05, 0) is 31.4 Å². The molecule has 0 radical (unpaired) electrons. The predicted molar refractivity (Wildman–Crippen MR) is 78.7 cm³/mol. The van der Waals surface area contributed by atoms with E-state index >= 15 is 0 Å². The van der Waals surface area contributed by atoms with Crippen LogP contribution in [0.15, 0.2) is 17.0 Å². The molecule has 0 heterocycles. The van der Waals surface area contributed by atoms with Crippen molar-refractivity contribution in [3.05, 3.63) is 29.6 Å². The maximum Gasteiger partial charge on any atom is 0.243 e. The zero-order valence-electron chi connectivity index (χ0n) is 11.7. The van der Waals surface area contributed by atoms with Gasteiger partial charge in [-0.1, -0.05) is 12.8 Å². The molecule has 22 heavy (non-hydrogen) atoms. The molecular formula is C13H18ClF3N2O2S. The molecule has 2 rings (SSSR count). The first-order chi connectivity index (χ1) is 9.85. The Morgan fingerprint density at radius 3 is 2.32 bits per heavy atom. The Morgan fingerprint density at radius 1 is 1.09 bits per heavy atom. The topological polar surface area (TPSA) is 72.2 Å². The van der Waals surface area contributed by atoms with E-state index in [1.807, 2.05) is 0 Å². The van der Waals surface area contributed by atoms with Gasteiger partial charge in [0.2, 0.25) is 10.0 Å². The molecule has 1 fully saturated rings. The Kier molecular flexibility index (Phi) is 6.66. The minimum atomic E-state index is -4.26. The first kappa shape index (κ1) is 19.2. The van der Waals surface area contributed by atoms with Gasteiger partial charge in [-0.2, -0.15) is 0 Å². The summed E-state index contributed by atoms with van der Waals surface area (Å²) in [6, 6.07) is 0.166. The minimum Gasteiger partial charge on any atom is -0.330 e. The van der Waals surface area contributed by atoms with Crippen molar-refractivity contribution in [3.8, 4) is 0 Å². The van der Waals surface area contributed by atoms with Crippen LogP contribution in [0.1, 0.15) is 25.7 Å². The summed E-state index contributed by atoms with van der Waals surface area (Å²) >= 11 is 0. The maximum atomic E-state index is 13.6. The molecule has 2 atom stereocenters. The van der Waals surface area contributed by atoms with Gasteiger partial charge < -0.3 is 5.73 Å². The molecule has 0 saturated heterocycles. The number of halogens is 4. The van der Waals surface area contributed by atoms with Crippen LogP contribution in [0.2, 0.25) is 0 Å². The summed E-state index contributed by atoms with van der Waals surface area (Å²) < 4.78 is 66.3. The van der Waals surface area contributed by atoms with Crippen LogP contribution < -0.4 is 10.5 Å². The van der Waals surface area contributed by atoms with Crippen LogP contribution in [0.5, 0.6) is 0 Å². The summed E-state index contributed by atoms with van der Waals surface area (Å²) in [5.41, 5.74) is 5.61. The fourth-order valence-electron chi connectivity index (χ4n) is 2.62. The van der Waals surface area contributed by atoms with E-state index in [4.69, 9.17) is 5.73 Å². The van der Waals surface area contributed by atoms with Gasteiger partial charge in [-0.25, -0.2) is 26.3 Å². The lowest BCUT2D eigenvalue weighted by Gasteiger charge is -2.31. The van der Waals surface area contributed by atoms with Gasteiger partial charge in [0, 0.05) is 12.1 Å². The van der Waals surface area contributed by atoms with E-state index < -0.39 is 38.4 Å². The van der Waals surface area contributed by atoms with Gasteiger partial charge in [-0.3, -0.25) is 0 Å². The highest BCUT2D eigenvalue weighted by Gasteiger charge is 2.30. The number of hydrogen-bond acceptors (Lipinski definition) is 3. The Bertz CT molecular complexity index is 628. The van der Waals surface area contributed by atoms with Crippen molar-refractivity contribution in [1.29, 1.82) is 0 Å². The normalized spacial score (nSPS) is 22.2. The fraction of sp³-hybridized carbons (Fsp3) is 0.538. The van der Waals surface area contributed by atoms with E-state index in [1.165, 1.54) is 0 Å². The zero-order valence-corrected chi connectivity index (χ0v) is 13.3. The number of nitrogens with one attached hydrogen (secondary N) is 1. The van der Waals surface area contributed by atoms with E-state index in [9.17, 15) is 21.6 Å². The smallest absolute Gasteiger partial charge is 0.243 e. The molecule has 3 N–H and O–H groups in total. The lowest BCUT2D eigenvalue weighted by atomic mass is 9.85. The third-order valence-corrected chi connectivity index (χ3v) is 5.29. The quantitative estimate of drug-likeness (QED) is 0.811. The molecule has 1 saturated carbocycles. The summed E-state index contributed by atoms with van der Waals surface area (Å²) in [6.07, 6.45) is 3.17. The number of hydrogen-bond donors (Lipinski definition) is 2. The molecule has 0 aromatic heterocycles. The Labute approximate surface area is 133 Å². The first-order valence-electron chi connectivity index (χ1n) is 6.72. The van der Waals surface area contributed by atoms with Gasteiger partial charge >= 0.3 is 0 Å². The SMILES string of the molecule is Cl.NCC1CCCCC1NS(=O)(=O)c1cc(F)c(F)cc1F. The van der Waals surface area contributed by atoms with Crippen LogP contribution in [-0.2, 0) is 10.0 Å². The maximum absolute atomic E-state index is 13.6. The van der Waals surface area contributed by atoms with Crippen molar-refractivity contribution >= 4 is 22.4 Å². The zero-order chi connectivity index (χ0) is 15.6. The Hall–Kier alpha value is -0.830. The molecular weight excluding hydrogens is 341 g/mol. The van der Waals surface area contributed by atoms with Crippen LogP contribution in [0.4, 0.5) is 13.2 Å². The van der Waals surface area contributed by atoms with E-state index in [-0.39, 0.29) is 24.4 Å². The molecule has 1 aromatic rings. The van der Waals surface area contributed by atoms with Crippen molar-refractivity contribution in [1.82, 2.24) is 4.72 Å². The Balaban J connectivity index is 0.00000242. The van der Waals surface area contributed by atoms with Gasteiger partial charge in [0.15, 0.2) is 11.6 Å². The highest BCUT2D eigenvalue weighted by atomic mass is 35.5. The monoisotopic (exact) mass is 358 g/mol. The second-order valence-electron chi connectivity index (χ2n) is 5.20. The molecule has 9 heteroatoms. The number of benzene rings is 1. The average molecular weight is 359 g/mol. The molecule has 0 aliphatic heterocycles. The molecule has 1 aliphatic carbocycles. The fourth-order valence-corrected chi connectivity index (χ4v) is 4.03. The summed E-state index contributed by atoms with van der Waals surface area (Å²) in [6.45, 7) is 0.313. The highest BCUT2D eigenvalue weighted by molar-refractivity contribution is 7.89. The van der Waals surface area contributed by atoms with Crippen LogP contribution in [0.3, 0.4) is 0 Å². The summed E-state index contributed by atoms with van der Waals surface area (Å²) in [7, 11) is -4.26. The van der Waals surface area contributed by atoms with E-state index in [0.717, 1.165) is 19.3 Å². The van der Waals surface area contributed by atoms with Crippen molar-refractivity contribution < 1.29 is 21.6 Å². The second kappa shape index (κ2) is 7.63. The standard InChI is InChI=1S/C13H17F3N2O2S.ClH/c14-9-5-11(16)13(6-10(9)15)21(19,20)18-12-4-2-1-3-8(12)7-17;/h5-6,8,12,18H,1-4,7,17H2;1H. The average Bonchev–Trinajstić information content (AvgIpc) is 2.43. The lowest BCUT2D eigenvalue weighted by Crippen LogP contribution is -2.44. The van der Waals surface area contributed by atoms with Crippen LogP contribution in [0.25, 0.3) is 0 Å². The highest BCUT2D eigenvalue weighted by Crippen LogP contribution is 2.26. The minimum absolute atomic E-state index is 0. The third-order valence-electron chi connectivity index (χ3n) is 3.78. The summed E-state index contributed by atoms with van der Waals surface area (Å²) in [5, 5.41) is 0. The third kappa shape index (κ3) is 4.13. The molecule has 126 valence electrons. The van der Waals surface area contributed by atoms with Crippen molar-refractivity contribution in [3.63, 3.8) is 0 Å². The molecule has 2 unspecified atom stereocenters. The van der Waals surface area contributed by atoms with E-state index in [2.05, 4.69) is 4.72 Å².